The van der Waals surface area contributed by atoms with E-state index in [2.05, 4.69) is 31.1 Å². The fourth-order valence-corrected chi connectivity index (χ4v) is 2.97. The lowest BCUT2D eigenvalue weighted by atomic mass is 9.97. The largest absolute Gasteiger partial charge is 0.491 e. The van der Waals surface area contributed by atoms with Crippen LogP contribution in [0.2, 0.25) is 0 Å². The van der Waals surface area contributed by atoms with Gasteiger partial charge in [0.25, 0.3) is 5.91 Å². The highest BCUT2D eigenvalue weighted by atomic mass is 16.5. The molecule has 5 heteroatoms. The van der Waals surface area contributed by atoms with E-state index < -0.39 is 5.60 Å². The summed E-state index contributed by atoms with van der Waals surface area (Å²) in [6, 6.07) is 7.56. The zero-order valence-electron chi connectivity index (χ0n) is 17.2. The van der Waals surface area contributed by atoms with Gasteiger partial charge in [-0.1, -0.05) is 33.6 Å². The third-order valence-corrected chi connectivity index (χ3v) is 4.50. The van der Waals surface area contributed by atoms with Crippen LogP contribution in [0.15, 0.2) is 30.5 Å². The number of nitrogens with one attached hydrogen (secondary N) is 1. The SMILES string of the molecule is CCCC[C@](C)(OCC)C(=O)Nc1ccc(OCC(C)C)c2ncccc12. The maximum Gasteiger partial charge on any atom is 0.256 e. The van der Waals surface area contributed by atoms with Crippen molar-refractivity contribution < 1.29 is 14.3 Å². The second-order valence-corrected chi connectivity index (χ2v) is 7.44. The number of anilines is 1. The number of carbonyl (C=O) groups is 1. The average Bonchev–Trinajstić information content (AvgIpc) is 2.65. The molecule has 2 aromatic rings. The molecule has 1 heterocycles. The number of aromatic nitrogens is 1. The van der Waals surface area contributed by atoms with Gasteiger partial charge in [-0.25, -0.2) is 0 Å². The van der Waals surface area contributed by atoms with Crippen molar-refractivity contribution in [2.24, 2.45) is 5.92 Å². The molecule has 1 amide bonds. The lowest BCUT2D eigenvalue weighted by molar-refractivity contribution is -0.139. The van der Waals surface area contributed by atoms with Crippen LogP contribution in [0.1, 0.15) is 53.9 Å². The van der Waals surface area contributed by atoms with Crippen LogP contribution in [-0.2, 0) is 9.53 Å². The fourth-order valence-electron chi connectivity index (χ4n) is 2.97. The predicted molar refractivity (Wildman–Crippen MR) is 110 cm³/mol. The lowest BCUT2D eigenvalue weighted by Crippen LogP contribution is -2.42. The molecule has 0 saturated carbocycles. The molecule has 0 spiro atoms. The topological polar surface area (TPSA) is 60.5 Å². The van der Waals surface area contributed by atoms with Gasteiger partial charge in [-0.3, -0.25) is 9.78 Å². The summed E-state index contributed by atoms with van der Waals surface area (Å²) in [5, 5.41) is 3.91. The van der Waals surface area contributed by atoms with Gasteiger partial charge in [0.1, 0.15) is 16.9 Å². The van der Waals surface area contributed by atoms with Crippen LogP contribution in [0, 0.1) is 5.92 Å². The van der Waals surface area contributed by atoms with Crippen LogP contribution in [0.25, 0.3) is 10.9 Å². The molecule has 2 rings (SSSR count). The van der Waals surface area contributed by atoms with Gasteiger partial charge in [0.2, 0.25) is 0 Å². The molecule has 1 aromatic heterocycles. The number of rotatable bonds is 10. The maximum atomic E-state index is 13.0. The fraction of sp³-hybridized carbons (Fsp3) is 0.545. The minimum absolute atomic E-state index is 0.126. The van der Waals surface area contributed by atoms with Gasteiger partial charge in [0.15, 0.2) is 0 Å². The molecular weight excluding hydrogens is 340 g/mol. The van der Waals surface area contributed by atoms with Crippen LogP contribution in [0.4, 0.5) is 5.69 Å². The Morgan fingerprint density at radius 2 is 2.04 bits per heavy atom. The van der Waals surface area contributed by atoms with E-state index in [0.717, 1.165) is 35.2 Å². The number of pyridine rings is 1. The first-order valence-electron chi connectivity index (χ1n) is 9.87. The molecular formula is C22H32N2O3. The Balaban J connectivity index is 2.30. The highest BCUT2D eigenvalue weighted by Crippen LogP contribution is 2.31. The Bertz CT molecular complexity index is 760. The third-order valence-electron chi connectivity index (χ3n) is 4.50. The number of hydrogen-bond acceptors (Lipinski definition) is 4. The van der Waals surface area contributed by atoms with Crippen molar-refractivity contribution in [3.63, 3.8) is 0 Å². The van der Waals surface area contributed by atoms with Gasteiger partial charge in [-0.2, -0.15) is 0 Å². The lowest BCUT2D eigenvalue weighted by Gasteiger charge is -2.28. The molecule has 1 atom stereocenters. The second kappa shape index (κ2) is 9.70. The number of amides is 1. The minimum Gasteiger partial charge on any atom is -0.491 e. The van der Waals surface area contributed by atoms with E-state index in [0.29, 0.717) is 25.6 Å². The minimum atomic E-state index is -0.841. The number of carbonyl (C=O) groups excluding carboxylic acids is 1. The molecule has 0 radical (unpaired) electrons. The molecule has 0 aliphatic heterocycles. The van der Waals surface area contributed by atoms with Gasteiger partial charge >= 0.3 is 0 Å². The monoisotopic (exact) mass is 372 g/mol. The van der Waals surface area contributed by atoms with Crippen molar-refractivity contribution in [2.75, 3.05) is 18.5 Å². The van der Waals surface area contributed by atoms with Crippen LogP contribution >= 0.6 is 0 Å². The van der Waals surface area contributed by atoms with Crippen LogP contribution in [-0.4, -0.2) is 29.7 Å². The first-order valence-corrected chi connectivity index (χ1v) is 9.87. The highest BCUT2D eigenvalue weighted by Gasteiger charge is 2.33. The standard InChI is InChI=1S/C22H32N2O3/c1-6-8-13-22(5,27-7-2)21(25)24-18-11-12-19(26-15-16(3)4)20-17(18)10-9-14-23-20/h9-12,14,16H,6-8,13,15H2,1-5H3,(H,24,25)/t22-/m0/s1. The zero-order chi connectivity index (χ0) is 19.9. The summed E-state index contributed by atoms with van der Waals surface area (Å²) < 4.78 is 11.7. The summed E-state index contributed by atoms with van der Waals surface area (Å²) in [5.74, 6) is 1.03. The third kappa shape index (κ3) is 5.42. The normalized spacial score (nSPS) is 13.6. The summed E-state index contributed by atoms with van der Waals surface area (Å²) >= 11 is 0. The van der Waals surface area contributed by atoms with Gasteiger partial charge < -0.3 is 14.8 Å². The molecule has 5 nitrogen and oxygen atoms in total. The Kier molecular flexibility index (Phi) is 7.60. The van der Waals surface area contributed by atoms with Crippen LogP contribution in [0.5, 0.6) is 5.75 Å². The summed E-state index contributed by atoms with van der Waals surface area (Å²) in [7, 11) is 0. The van der Waals surface area contributed by atoms with Gasteiger partial charge in [-0.05, 0) is 50.5 Å². The molecule has 0 fully saturated rings. The van der Waals surface area contributed by atoms with Crippen molar-refractivity contribution in [2.45, 2.75) is 59.5 Å². The summed E-state index contributed by atoms with van der Waals surface area (Å²) in [6.07, 6.45) is 4.38. The Morgan fingerprint density at radius 3 is 2.70 bits per heavy atom. The molecule has 0 aliphatic carbocycles. The number of hydrogen-bond donors (Lipinski definition) is 1. The molecule has 0 aliphatic rings. The Morgan fingerprint density at radius 1 is 1.26 bits per heavy atom. The summed E-state index contributed by atoms with van der Waals surface area (Å²) in [5.41, 5.74) is 0.636. The van der Waals surface area contributed by atoms with Crippen LogP contribution < -0.4 is 10.1 Å². The molecule has 0 unspecified atom stereocenters. The predicted octanol–water partition coefficient (Wildman–Crippen LogP) is 5.19. The Hall–Kier alpha value is -2.14. The van der Waals surface area contributed by atoms with E-state index in [9.17, 15) is 4.79 Å². The van der Waals surface area contributed by atoms with Gasteiger partial charge in [-0.15, -0.1) is 0 Å². The number of fused-ring (bicyclic) bond motifs is 1. The van der Waals surface area contributed by atoms with E-state index in [1.807, 2.05) is 38.1 Å². The number of ether oxygens (including phenoxy) is 2. The average molecular weight is 373 g/mol. The first kappa shape index (κ1) is 21.2. The van der Waals surface area contributed by atoms with E-state index in [4.69, 9.17) is 9.47 Å². The zero-order valence-corrected chi connectivity index (χ0v) is 17.2. The smallest absolute Gasteiger partial charge is 0.256 e. The Labute approximate surface area is 162 Å². The van der Waals surface area contributed by atoms with Crippen molar-refractivity contribution in [3.8, 4) is 5.75 Å². The van der Waals surface area contributed by atoms with Gasteiger partial charge in [0.05, 0.1) is 12.3 Å². The molecule has 27 heavy (non-hydrogen) atoms. The van der Waals surface area contributed by atoms with E-state index >= 15 is 0 Å². The number of unbranched alkanes of at least 4 members (excludes halogenated alkanes) is 1. The summed E-state index contributed by atoms with van der Waals surface area (Å²) in [4.78, 5) is 17.5. The molecule has 0 bridgehead atoms. The molecule has 0 saturated heterocycles. The van der Waals surface area contributed by atoms with E-state index in [-0.39, 0.29) is 5.91 Å². The van der Waals surface area contributed by atoms with Crippen LogP contribution in [0.3, 0.4) is 0 Å². The highest BCUT2D eigenvalue weighted by molar-refractivity contribution is 6.05. The van der Waals surface area contributed by atoms with Crippen molar-refractivity contribution in [1.29, 1.82) is 0 Å². The second-order valence-electron chi connectivity index (χ2n) is 7.44. The summed E-state index contributed by atoms with van der Waals surface area (Å²) in [6.45, 7) is 11.2. The van der Waals surface area contributed by atoms with E-state index in [1.54, 1.807) is 6.20 Å². The molecule has 1 aromatic carbocycles. The van der Waals surface area contributed by atoms with Crippen molar-refractivity contribution >= 4 is 22.5 Å². The molecule has 148 valence electrons. The van der Waals surface area contributed by atoms with Crippen molar-refractivity contribution in [1.82, 2.24) is 4.98 Å². The molecule has 1 N–H and O–H groups in total. The number of benzene rings is 1. The van der Waals surface area contributed by atoms with Crippen molar-refractivity contribution in [3.05, 3.63) is 30.5 Å². The first-order chi connectivity index (χ1) is 12.9. The quantitative estimate of drug-likeness (QED) is 0.623. The van der Waals surface area contributed by atoms with Gasteiger partial charge in [0, 0.05) is 18.2 Å². The maximum absolute atomic E-state index is 13.0. The number of nitrogens with zero attached hydrogens (tertiary/aromatic N) is 1. The van der Waals surface area contributed by atoms with E-state index in [1.165, 1.54) is 0 Å².